The van der Waals surface area contributed by atoms with Gasteiger partial charge in [0, 0.05) is 19.6 Å². The van der Waals surface area contributed by atoms with Crippen LogP contribution in [-0.4, -0.2) is 62.1 Å². The zero-order chi connectivity index (χ0) is 12.8. The monoisotopic (exact) mass is 254 g/mol. The molecule has 18 heavy (non-hydrogen) atoms. The van der Waals surface area contributed by atoms with E-state index in [0.29, 0.717) is 0 Å². The van der Waals surface area contributed by atoms with Gasteiger partial charge in [0.15, 0.2) is 0 Å². The van der Waals surface area contributed by atoms with E-state index in [1.54, 1.807) is 0 Å². The zero-order valence-electron chi connectivity index (χ0n) is 11.6. The Morgan fingerprint density at radius 3 is 2.44 bits per heavy atom. The first-order chi connectivity index (χ1) is 8.79. The topological polar surface area (TPSA) is 32.8 Å². The number of piperidine rings is 2. The highest BCUT2D eigenvalue weighted by atomic mass is 16.5. The van der Waals surface area contributed by atoms with Gasteiger partial charge >= 0.3 is 5.97 Å². The Bertz CT molecular complexity index is 265. The van der Waals surface area contributed by atoms with Gasteiger partial charge in [-0.25, -0.2) is 0 Å². The summed E-state index contributed by atoms with van der Waals surface area (Å²) < 4.78 is 4.86. The lowest BCUT2D eigenvalue weighted by Gasteiger charge is -2.34. The van der Waals surface area contributed by atoms with E-state index in [1.807, 2.05) is 0 Å². The molecule has 0 aromatic rings. The van der Waals surface area contributed by atoms with Crippen molar-refractivity contribution < 1.29 is 9.53 Å². The number of nitrogens with zero attached hydrogens (tertiary/aromatic N) is 2. The Hall–Kier alpha value is -0.610. The molecule has 0 unspecified atom stereocenters. The third-order valence-electron chi connectivity index (χ3n) is 4.22. The Morgan fingerprint density at radius 2 is 1.72 bits per heavy atom. The standard InChI is InChI=1S/C14H26N2O2/c1-18-14(17)13-6-5-9-16(12-13)11-10-15-7-3-2-4-8-15/h13H,2-12H2,1H3/t13-/m0/s1. The number of carbonyl (C=O) groups is 1. The molecule has 0 N–H and O–H groups in total. The molecule has 104 valence electrons. The van der Waals surface area contributed by atoms with E-state index >= 15 is 0 Å². The third-order valence-corrected chi connectivity index (χ3v) is 4.22. The summed E-state index contributed by atoms with van der Waals surface area (Å²) >= 11 is 0. The SMILES string of the molecule is COC(=O)[C@H]1CCCN(CCN2CCCCC2)C1. The van der Waals surface area contributed by atoms with Crippen molar-refractivity contribution in [3.05, 3.63) is 0 Å². The summed E-state index contributed by atoms with van der Waals surface area (Å²) in [6.07, 6.45) is 6.22. The average Bonchev–Trinajstić information content (AvgIpc) is 2.45. The number of rotatable bonds is 4. The molecular formula is C14H26N2O2. The minimum Gasteiger partial charge on any atom is -0.469 e. The van der Waals surface area contributed by atoms with Crippen LogP contribution in [0.25, 0.3) is 0 Å². The van der Waals surface area contributed by atoms with Crippen LogP contribution in [0.15, 0.2) is 0 Å². The van der Waals surface area contributed by atoms with Crippen LogP contribution in [0.3, 0.4) is 0 Å². The number of hydrogen-bond donors (Lipinski definition) is 0. The summed E-state index contributed by atoms with van der Waals surface area (Å²) in [6.45, 7) is 6.81. The van der Waals surface area contributed by atoms with Gasteiger partial charge in [-0.3, -0.25) is 4.79 Å². The predicted molar refractivity (Wildman–Crippen MR) is 71.5 cm³/mol. The molecule has 4 heteroatoms. The van der Waals surface area contributed by atoms with E-state index in [0.717, 1.165) is 39.0 Å². The second-order valence-electron chi connectivity index (χ2n) is 5.57. The first-order valence-electron chi connectivity index (χ1n) is 7.32. The fraction of sp³-hybridized carbons (Fsp3) is 0.929. The maximum atomic E-state index is 11.6. The second kappa shape index (κ2) is 7.10. The highest BCUT2D eigenvalue weighted by Crippen LogP contribution is 2.17. The van der Waals surface area contributed by atoms with Crippen molar-refractivity contribution >= 4 is 5.97 Å². The molecule has 0 aliphatic carbocycles. The fourth-order valence-corrected chi connectivity index (χ4v) is 3.08. The van der Waals surface area contributed by atoms with E-state index in [9.17, 15) is 4.79 Å². The smallest absolute Gasteiger partial charge is 0.309 e. The Labute approximate surface area is 110 Å². The summed E-state index contributed by atoms with van der Waals surface area (Å²) in [5, 5.41) is 0. The van der Waals surface area contributed by atoms with Crippen LogP contribution in [0.4, 0.5) is 0 Å². The van der Waals surface area contributed by atoms with Crippen molar-refractivity contribution in [2.24, 2.45) is 5.92 Å². The van der Waals surface area contributed by atoms with Crippen molar-refractivity contribution in [1.29, 1.82) is 0 Å². The molecule has 1 atom stereocenters. The van der Waals surface area contributed by atoms with Crippen LogP contribution in [-0.2, 0) is 9.53 Å². The van der Waals surface area contributed by atoms with Crippen LogP contribution in [0.5, 0.6) is 0 Å². The van der Waals surface area contributed by atoms with Gasteiger partial charge in [-0.1, -0.05) is 6.42 Å². The molecule has 0 amide bonds. The molecule has 2 aliphatic heterocycles. The molecule has 2 rings (SSSR count). The minimum atomic E-state index is -0.0299. The highest BCUT2D eigenvalue weighted by molar-refractivity contribution is 5.72. The molecule has 4 nitrogen and oxygen atoms in total. The van der Waals surface area contributed by atoms with Crippen LogP contribution < -0.4 is 0 Å². The summed E-state index contributed by atoms with van der Waals surface area (Å²) in [7, 11) is 1.50. The summed E-state index contributed by atoms with van der Waals surface area (Å²) in [6, 6.07) is 0. The zero-order valence-corrected chi connectivity index (χ0v) is 11.6. The van der Waals surface area contributed by atoms with Gasteiger partial charge in [-0.05, 0) is 45.3 Å². The quantitative estimate of drug-likeness (QED) is 0.709. The Balaban J connectivity index is 1.70. The lowest BCUT2D eigenvalue weighted by atomic mass is 9.98. The van der Waals surface area contributed by atoms with Gasteiger partial charge in [-0.15, -0.1) is 0 Å². The molecule has 0 aromatic carbocycles. The number of esters is 1. The first kappa shape index (κ1) is 13.8. The van der Waals surface area contributed by atoms with Crippen LogP contribution in [0.2, 0.25) is 0 Å². The first-order valence-corrected chi connectivity index (χ1v) is 7.32. The minimum absolute atomic E-state index is 0.0299. The molecule has 0 saturated carbocycles. The van der Waals surface area contributed by atoms with Gasteiger partial charge in [-0.2, -0.15) is 0 Å². The summed E-state index contributed by atoms with van der Waals surface area (Å²) in [5.41, 5.74) is 0. The molecule has 0 bridgehead atoms. The Kier molecular flexibility index (Phi) is 5.45. The van der Waals surface area contributed by atoms with Crippen molar-refractivity contribution in [3.63, 3.8) is 0 Å². The lowest BCUT2D eigenvalue weighted by Crippen LogP contribution is -2.43. The van der Waals surface area contributed by atoms with Crippen molar-refractivity contribution in [1.82, 2.24) is 9.80 Å². The van der Waals surface area contributed by atoms with E-state index in [2.05, 4.69) is 9.80 Å². The van der Waals surface area contributed by atoms with Gasteiger partial charge in [0.1, 0.15) is 0 Å². The van der Waals surface area contributed by atoms with E-state index in [4.69, 9.17) is 4.74 Å². The third kappa shape index (κ3) is 3.95. The molecule has 0 spiro atoms. The van der Waals surface area contributed by atoms with Crippen molar-refractivity contribution in [2.75, 3.05) is 46.4 Å². The van der Waals surface area contributed by atoms with Gasteiger partial charge in [0.2, 0.25) is 0 Å². The Morgan fingerprint density at radius 1 is 1.06 bits per heavy atom. The average molecular weight is 254 g/mol. The molecular weight excluding hydrogens is 228 g/mol. The summed E-state index contributed by atoms with van der Waals surface area (Å²) in [5.74, 6) is 0.0720. The van der Waals surface area contributed by atoms with Gasteiger partial charge in [0.25, 0.3) is 0 Å². The van der Waals surface area contributed by atoms with Crippen molar-refractivity contribution in [3.8, 4) is 0 Å². The number of ether oxygens (including phenoxy) is 1. The largest absolute Gasteiger partial charge is 0.469 e. The maximum Gasteiger partial charge on any atom is 0.309 e. The van der Waals surface area contributed by atoms with Crippen LogP contribution in [0, 0.1) is 5.92 Å². The van der Waals surface area contributed by atoms with Crippen LogP contribution >= 0.6 is 0 Å². The molecule has 0 radical (unpaired) electrons. The molecule has 0 aromatic heterocycles. The van der Waals surface area contributed by atoms with Gasteiger partial charge < -0.3 is 14.5 Å². The normalized spacial score (nSPS) is 27.1. The fourth-order valence-electron chi connectivity index (χ4n) is 3.08. The number of methoxy groups -OCH3 is 1. The van der Waals surface area contributed by atoms with E-state index in [-0.39, 0.29) is 11.9 Å². The predicted octanol–water partition coefficient (Wildman–Crippen LogP) is 1.36. The molecule has 2 saturated heterocycles. The van der Waals surface area contributed by atoms with E-state index in [1.165, 1.54) is 39.5 Å². The highest BCUT2D eigenvalue weighted by Gasteiger charge is 2.26. The molecule has 2 heterocycles. The molecule has 2 fully saturated rings. The summed E-state index contributed by atoms with van der Waals surface area (Å²) in [4.78, 5) is 16.6. The van der Waals surface area contributed by atoms with Gasteiger partial charge in [0.05, 0.1) is 13.0 Å². The second-order valence-corrected chi connectivity index (χ2v) is 5.57. The number of hydrogen-bond acceptors (Lipinski definition) is 4. The van der Waals surface area contributed by atoms with E-state index < -0.39 is 0 Å². The lowest BCUT2D eigenvalue weighted by molar-refractivity contribution is -0.147. The molecule has 2 aliphatic rings. The van der Waals surface area contributed by atoms with Crippen LogP contribution in [0.1, 0.15) is 32.1 Å². The number of likely N-dealkylation sites (tertiary alicyclic amines) is 2. The number of carbonyl (C=O) groups excluding carboxylic acids is 1. The van der Waals surface area contributed by atoms with Crippen molar-refractivity contribution in [2.45, 2.75) is 32.1 Å². The maximum absolute atomic E-state index is 11.6.